The molecule has 0 saturated heterocycles. The van der Waals surface area contributed by atoms with Crippen molar-refractivity contribution in [2.45, 2.75) is 16.9 Å². The number of carbonyl (C=O) groups is 1. The van der Waals surface area contributed by atoms with E-state index in [9.17, 15) is 4.79 Å². The second kappa shape index (κ2) is 9.11. The number of nitrogens with one attached hydrogen (secondary N) is 3. The predicted molar refractivity (Wildman–Crippen MR) is 114 cm³/mol. The first-order valence-electron chi connectivity index (χ1n) is 7.43. The standard InChI is InChI=1S/C17H15Cl4N3OS/c1-10-5-4-6-11(9-10)14(25)23-15(17(19,20)21)24-16(26)22-13-8-3-2-7-12(13)18/h2-9,15H,1H3,(H,23,25)(H2,22,24,26)/t15-/m0/s1. The molecule has 0 bridgehead atoms. The van der Waals surface area contributed by atoms with Gasteiger partial charge in [-0.05, 0) is 43.4 Å². The number of amides is 1. The average molecular weight is 451 g/mol. The maximum atomic E-state index is 12.4. The zero-order valence-corrected chi connectivity index (χ0v) is 17.4. The molecule has 0 heterocycles. The predicted octanol–water partition coefficient (Wildman–Crippen LogP) is 5.06. The molecule has 2 aromatic carbocycles. The summed E-state index contributed by atoms with van der Waals surface area (Å²) in [7, 11) is 0. The van der Waals surface area contributed by atoms with Gasteiger partial charge in [-0.1, -0.05) is 76.2 Å². The van der Waals surface area contributed by atoms with Crippen LogP contribution >= 0.6 is 58.6 Å². The lowest BCUT2D eigenvalue weighted by Gasteiger charge is -2.28. The summed E-state index contributed by atoms with van der Waals surface area (Å²) in [5.41, 5.74) is 1.96. The number of hydrogen-bond donors (Lipinski definition) is 3. The molecule has 0 fully saturated rings. The molecule has 2 rings (SSSR count). The summed E-state index contributed by atoms with van der Waals surface area (Å²) in [4.78, 5) is 12.4. The van der Waals surface area contributed by atoms with Crippen LogP contribution in [0.5, 0.6) is 0 Å². The summed E-state index contributed by atoms with van der Waals surface area (Å²) in [6.45, 7) is 1.88. The Morgan fingerprint density at radius 1 is 1.08 bits per heavy atom. The maximum absolute atomic E-state index is 12.4. The number of alkyl halides is 3. The topological polar surface area (TPSA) is 53.2 Å². The van der Waals surface area contributed by atoms with Gasteiger partial charge in [0.25, 0.3) is 5.91 Å². The van der Waals surface area contributed by atoms with Crippen LogP contribution in [-0.4, -0.2) is 21.0 Å². The van der Waals surface area contributed by atoms with Crippen LogP contribution in [0.3, 0.4) is 0 Å². The van der Waals surface area contributed by atoms with Gasteiger partial charge in [0, 0.05) is 5.56 Å². The van der Waals surface area contributed by atoms with Crippen LogP contribution in [0.2, 0.25) is 5.02 Å². The van der Waals surface area contributed by atoms with Crippen molar-refractivity contribution in [2.75, 3.05) is 5.32 Å². The van der Waals surface area contributed by atoms with E-state index < -0.39 is 15.9 Å². The van der Waals surface area contributed by atoms with Gasteiger partial charge in [-0.2, -0.15) is 0 Å². The van der Waals surface area contributed by atoms with Crippen molar-refractivity contribution in [1.82, 2.24) is 10.6 Å². The molecule has 0 spiro atoms. The molecule has 26 heavy (non-hydrogen) atoms. The minimum absolute atomic E-state index is 0.138. The molecule has 3 N–H and O–H groups in total. The number of carbonyl (C=O) groups excluding carboxylic acids is 1. The van der Waals surface area contributed by atoms with E-state index in [0.29, 0.717) is 16.3 Å². The number of halogens is 4. The molecule has 0 saturated carbocycles. The van der Waals surface area contributed by atoms with Crippen molar-refractivity contribution in [3.63, 3.8) is 0 Å². The summed E-state index contributed by atoms with van der Waals surface area (Å²) in [5, 5.41) is 8.92. The summed E-state index contributed by atoms with van der Waals surface area (Å²) in [5.74, 6) is -0.405. The van der Waals surface area contributed by atoms with E-state index in [1.807, 2.05) is 13.0 Å². The van der Waals surface area contributed by atoms with Gasteiger partial charge in [0.15, 0.2) is 5.11 Å². The Balaban J connectivity index is 2.09. The third-order valence-electron chi connectivity index (χ3n) is 3.28. The Morgan fingerprint density at radius 3 is 2.38 bits per heavy atom. The summed E-state index contributed by atoms with van der Waals surface area (Å²) < 4.78 is -1.84. The number of rotatable bonds is 4. The Bertz CT molecular complexity index is 811. The molecule has 0 radical (unpaired) electrons. The van der Waals surface area contributed by atoms with Crippen LogP contribution in [0.4, 0.5) is 5.69 Å². The Labute approximate surface area is 177 Å². The Kier molecular flexibility index (Phi) is 7.38. The zero-order valence-electron chi connectivity index (χ0n) is 13.5. The fourth-order valence-electron chi connectivity index (χ4n) is 2.05. The fraction of sp³-hybridized carbons (Fsp3) is 0.176. The highest BCUT2D eigenvalue weighted by Crippen LogP contribution is 2.29. The minimum Gasteiger partial charge on any atom is -0.339 e. The third-order valence-corrected chi connectivity index (χ3v) is 4.48. The molecule has 1 atom stereocenters. The second-order valence-electron chi connectivity index (χ2n) is 5.40. The second-order valence-corrected chi connectivity index (χ2v) is 8.58. The normalized spacial score (nSPS) is 12.2. The molecule has 0 aromatic heterocycles. The van der Waals surface area contributed by atoms with E-state index >= 15 is 0 Å². The molecule has 4 nitrogen and oxygen atoms in total. The molecule has 0 aliphatic rings. The van der Waals surface area contributed by atoms with E-state index in [0.717, 1.165) is 5.56 Å². The molecule has 2 aromatic rings. The van der Waals surface area contributed by atoms with Crippen molar-refractivity contribution >= 4 is 75.3 Å². The smallest absolute Gasteiger partial charge is 0.252 e. The van der Waals surface area contributed by atoms with Crippen molar-refractivity contribution in [2.24, 2.45) is 0 Å². The first kappa shape index (κ1) is 21.1. The van der Waals surface area contributed by atoms with E-state index in [1.54, 1.807) is 42.5 Å². The van der Waals surface area contributed by atoms with E-state index in [1.165, 1.54) is 0 Å². The molecular weight excluding hydrogens is 436 g/mol. The van der Waals surface area contributed by atoms with Gasteiger partial charge in [-0.3, -0.25) is 4.79 Å². The van der Waals surface area contributed by atoms with Crippen molar-refractivity contribution in [3.05, 3.63) is 64.7 Å². The summed E-state index contributed by atoms with van der Waals surface area (Å²) in [6.07, 6.45) is -1.07. The highest BCUT2D eigenvalue weighted by molar-refractivity contribution is 7.80. The van der Waals surface area contributed by atoms with Gasteiger partial charge in [0.05, 0.1) is 10.7 Å². The first-order valence-corrected chi connectivity index (χ1v) is 9.35. The molecule has 0 unspecified atom stereocenters. The van der Waals surface area contributed by atoms with Gasteiger partial charge in [0.2, 0.25) is 3.79 Å². The van der Waals surface area contributed by atoms with Crippen LogP contribution < -0.4 is 16.0 Å². The molecule has 1 amide bonds. The van der Waals surface area contributed by atoms with Gasteiger partial charge in [0.1, 0.15) is 6.17 Å². The lowest BCUT2D eigenvalue weighted by atomic mass is 10.1. The molecule has 138 valence electrons. The minimum atomic E-state index is -1.84. The maximum Gasteiger partial charge on any atom is 0.252 e. The van der Waals surface area contributed by atoms with Gasteiger partial charge in [-0.15, -0.1) is 0 Å². The number of benzene rings is 2. The zero-order chi connectivity index (χ0) is 19.3. The fourth-order valence-corrected chi connectivity index (χ4v) is 2.79. The van der Waals surface area contributed by atoms with Gasteiger partial charge in [-0.25, -0.2) is 0 Å². The third kappa shape index (κ3) is 6.18. The number of para-hydroxylation sites is 1. The largest absolute Gasteiger partial charge is 0.339 e. The molecule has 9 heteroatoms. The van der Waals surface area contributed by atoms with Gasteiger partial charge < -0.3 is 16.0 Å². The molecule has 0 aliphatic carbocycles. The van der Waals surface area contributed by atoms with Crippen molar-refractivity contribution < 1.29 is 4.79 Å². The quantitative estimate of drug-likeness (QED) is 0.346. The van der Waals surface area contributed by atoms with Crippen LogP contribution in [-0.2, 0) is 0 Å². The Morgan fingerprint density at radius 2 is 1.77 bits per heavy atom. The van der Waals surface area contributed by atoms with Crippen LogP contribution in [0, 0.1) is 6.92 Å². The Hall–Kier alpha value is -1.24. The summed E-state index contributed by atoms with van der Waals surface area (Å²) in [6, 6.07) is 14.1. The van der Waals surface area contributed by atoms with Crippen molar-refractivity contribution in [3.8, 4) is 0 Å². The summed E-state index contributed by atoms with van der Waals surface area (Å²) >= 11 is 29.2. The first-order chi connectivity index (χ1) is 12.2. The van der Waals surface area contributed by atoms with E-state index in [4.69, 9.17) is 58.6 Å². The van der Waals surface area contributed by atoms with E-state index in [2.05, 4.69) is 16.0 Å². The number of thiocarbonyl (C=S) groups is 1. The lowest BCUT2D eigenvalue weighted by Crippen LogP contribution is -2.56. The van der Waals surface area contributed by atoms with E-state index in [-0.39, 0.29) is 5.11 Å². The van der Waals surface area contributed by atoms with Crippen LogP contribution in [0.1, 0.15) is 15.9 Å². The van der Waals surface area contributed by atoms with Crippen LogP contribution in [0.25, 0.3) is 0 Å². The van der Waals surface area contributed by atoms with Gasteiger partial charge >= 0.3 is 0 Å². The number of aryl methyl sites for hydroxylation is 1. The van der Waals surface area contributed by atoms with Crippen molar-refractivity contribution in [1.29, 1.82) is 0 Å². The lowest BCUT2D eigenvalue weighted by molar-refractivity contribution is 0.0934. The number of anilines is 1. The average Bonchev–Trinajstić information content (AvgIpc) is 2.55. The highest BCUT2D eigenvalue weighted by atomic mass is 35.6. The highest BCUT2D eigenvalue weighted by Gasteiger charge is 2.35. The van der Waals surface area contributed by atoms with Crippen LogP contribution in [0.15, 0.2) is 48.5 Å². The molecule has 0 aliphatic heterocycles. The number of hydrogen-bond acceptors (Lipinski definition) is 2. The molecular formula is C17H15Cl4N3OS. The monoisotopic (exact) mass is 449 g/mol. The SMILES string of the molecule is Cc1cccc(C(=O)N[C@@H](NC(=S)Nc2ccccc2Cl)C(Cl)(Cl)Cl)c1.